The number of nitrogens with two attached hydrogens (primary N) is 1. The largest absolute Gasteiger partial charge is 0.394 e. The zero-order valence-corrected chi connectivity index (χ0v) is 8.43. The predicted molar refractivity (Wildman–Crippen MR) is 52.4 cm³/mol. The highest BCUT2D eigenvalue weighted by Crippen LogP contribution is 2.42. The summed E-state index contributed by atoms with van der Waals surface area (Å²) < 4.78 is 5.41. The van der Waals surface area contributed by atoms with E-state index in [1.165, 1.54) is 0 Å². The zero-order chi connectivity index (χ0) is 10.2. The van der Waals surface area contributed by atoms with Crippen LogP contribution in [0.5, 0.6) is 0 Å². The van der Waals surface area contributed by atoms with Crippen molar-refractivity contribution in [2.24, 2.45) is 5.73 Å². The maximum Gasteiger partial charge on any atom is 0.180 e. The molecule has 1 heterocycles. The van der Waals surface area contributed by atoms with E-state index in [0.29, 0.717) is 18.7 Å². The third-order valence-corrected chi connectivity index (χ3v) is 2.83. The van der Waals surface area contributed by atoms with Gasteiger partial charge in [-0.05, 0) is 12.8 Å². The number of ether oxygens (including phenoxy) is 1. The molecule has 0 aromatic heterocycles. The van der Waals surface area contributed by atoms with Crippen LogP contribution in [0.4, 0.5) is 0 Å². The first-order valence-corrected chi connectivity index (χ1v) is 5.11. The SMILES string of the molecule is CCCNC1=C(N)C(=O)CCC12CO2. The minimum absolute atomic E-state index is 0.0460. The number of hydrogen-bond acceptors (Lipinski definition) is 4. The van der Waals surface area contributed by atoms with Crippen molar-refractivity contribution < 1.29 is 9.53 Å². The fraction of sp³-hybridized carbons (Fsp3) is 0.700. The number of rotatable bonds is 3. The van der Waals surface area contributed by atoms with Crippen LogP contribution in [-0.4, -0.2) is 24.5 Å². The van der Waals surface area contributed by atoms with E-state index < -0.39 is 0 Å². The fourth-order valence-electron chi connectivity index (χ4n) is 1.84. The Morgan fingerprint density at radius 3 is 2.93 bits per heavy atom. The summed E-state index contributed by atoms with van der Waals surface area (Å²) in [4.78, 5) is 11.4. The van der Waals surface area contributed by atoms with Crippen molar-refractivity contribution in [3.8, 4) is 0 Å². The molecule has 14 heavy (non-hydrogen) atoms. The third-order valence-electron chi connectivity index (χ3n) is 2.83. The van der Waals surface area contributed by atoms with Gasteiger partial charge in [0.2, 0.25) is 0 Å². The molecule has 0 aromatic rings. The summed E-state index contributed by atoms with van der Waals surface area (Å²) in [5.74, 6) is 0.0460. The average Bonchev–Trinajstić information content (AvgIpc) is 2.94. The number of Topliss-reactive ketones (excluding diaryl/α,β-unsaturated/α-hetero) is 1. The van der Waals surface area contributed by atoms with Gasteiger partial charge in [-0.25, -0.2) is 0 Å². The Kier molecular flexibility index (Phi) is 2.23. The van der Waals surface area contributed by atoms with Crippen LogP contribution in [0.1, 0.15) is 26.2 Å². The van der Waals surface area contributed by atoms with Gasteiger partial charge in [-0.3, -0.25) is 4.79 Å². The number of ketones is 1. The lowest BCUT2D eigenvalue weighted by Gasteiger charge is -2.24. The topological polar surface area (TPSA) is 67.6 Å². The molecule has 78 valence electrons. The quantitative estimate of drug-likeness (QED) is 0.636. The van der Waals surface area contributed by atoms with Gasteiger partial charge in [0.25, 0.3) is 0 Å². The van der Waals surface area contributed by atoms with Gasteiger partial charge in [0.15, 0.2) is 5.78 Å². The molecule has 0 radical (unpaired) electrons. The third kappa shape index (κ3) is 1.39. The molecule has 2 aliphatic rings. The number of allylic oxidation sites excluding steroid dienone is 1. The Morgan fingerprint density at radius 1 is 1.64 bits per heavy atom. The second kappa shape index (κ2) is 3.28. The number of epoxide rings is 1. The molecular formula is C10H16N2O2. The van der Waals surface area contributed by atoms with Crippen LogP contribution >= 0.6 is 0 Å². The Labute approximate surface area is 83.5 Å². The molecule has 1 fully saturated rings. The van der Waals surface area contributed by atoms with E-state index in [2.05, 4.69) is 12.2 Å². The van der Waals surface area contributed by atoms with Crippen LogP contribution in [0.2, 0.25) is 0 Å². The van der Waals surface area contributed by atoms with Crippen molar-refractivity contribution in [1.82, 2.24) is 5.32 Å². The number of carbonyl (C=O) groups is 1. The Hall–Kier alpha value is -1.03. The molecule has 0 aromatic carbocycles. The predicted octanol–water partition coefficient (Wildman–Crippen LogP) is 0.288. The Bertz CT molecular complexity index is 292. The summed E-state index contributed by atoms with van der Waals surface area (Å²) in [5, 5.41) is 3.21. The molecule has 2 rings (SSSR count). The molecule has 0 bridgehead atoms. The standard InChI is InChI=1S/C10H16N2O2/c1-2-5-12-9-8(11)7(13)3-4-10(9)6-14-10/h12H,2-6,11H2,1H3. The van der Waals surface area contributed by atoms with Crippen molar-refractivity contribution in [3.05, 3.63) is 11.4 Å². The highest BCUT2D eigenvalue weighted by atomic mass is 16.6. The second-order valence-electron chi connectivity index (χ2n) is 3.92. The van der Waals surface area contributed by atoms with Crippen molar-refractivity contribution in [2.45, 2.75) is 31.8 Å². The van der Waals surface area contributed by atoms with Crippen LogP contribution in [0.3, 0.4) is 0 Å². The van der Waals surface area contributed by atoms with Gasteiger partial charge < -0.3 is 15.8 Å². The normalized spacial score (nSPS) is 31.1. The van der Waals surface area contributed by atoms with E-state index in [1.54, 1.807) is 0 Å². The van der Waals surface area contributed by atoms with Crippen LogP contribution in [0, 0.1) is 0 Å². The van der Waals surface area contributed by atoms with Crippen molar-refractivity contribution in [1.29, 1.82) is 0 Å². The van der Waals surface area contributed by atoms with Gasteiger partial charge >= 0.3 is 0 Å². The number of carbonyl (C=O) groups excluding carboxylic acids is 1. The maximum atomic E-state index is 11.4. The zero-order valence-electron chi connectivity index (χ0n) is 8.43. The van der Waals surface area contributed by atoms with Crippen LogP contribution in [-0.2, 0) is 9.53 Å². The second-order valence-corrected chi connectivity index (χ2v) is 3.92. The summed E-state index contributed by atoms with van der Waals surface area (Å²) in [6, 6.07) is 0. The van der Waals surface area contributed by atoms with E-state index >= 15 is 0 Å². The minimum Gasteiger partial charge on any atom is -0.394 e. The first kappa shape index (κ1) is 9.52. The molecule has 0 saturated carbocycles. The van der Waals surface area contributed by atoms with Gasteiger partial charge in [0, 0.05) is 13.0 Å². The van der Waals surface area contributed by atoms with Crippen molar-refractivity contribution in [3.63, 3.8) is 0 Å². The van der Waals surface area contributed by atoms with Crippen molar-refractivity contribution >= 4 is 5.78 Å². The Morgan fingerprint density at radius 2 is 2.36 bits per heavy atom. The molecule has 3 N–H and O–H groups in total. The van der Waals surface area contributed by atoms with Gasteiger partial charge in [-0.2, -0.15) is 0 Å². The van der Waals surface area contributed by atoms with Gasteiger partial charge in [0.1, 0.15) is 5.60 Å². The molecule has 1 spiro atoms. The molecule has 4 heteroatoms. The van der Waals surface area contributed by atoms with E-state index in [-0.39, 0.29) is 11.4 Å². The van der Waals surface area contributed by atoms with Crippen LogP contribution in [0.25, 0.3) is 0 Å². The monoisotopic (exact) mass is 196 g/mol. The van der Waals surface area contributed by atoms with Gasteiger partial charge in [-0.15, -0.1) is 0 Å². The average molecular weight is 196 g/mol. The first-order valence-electron chi connectivity index (χ1n) is 5.11. The summed E-state index contributed by atoms with van der Waals surface area (Å²) >= 11 is 0. The van der Waals surface area contributed by atoms with E-state index in [0.717, 1.165) is 25.1 Å². The molecular weight excluding hydrogens is 180 g/mol. The smallest absolute Gasteiger partial charge is 0.180 e. The lowest BCUT2D eigenvalue weighted by atomic mass is 9.89. The Balaban J connectivity index is 2.20. The molecule has 1 unspecified atom stereocenters. The molecule has 4 nitrogen and oxygen atoms in total. The van der Waals surface area contributed by atoms with E-state index in [9.17, 15) is 4.79 Å². The van der Waals surface area contributed by atoms with Crippen LogP contribution < -0.4 is 11.1 Å². The highest BCUT2D eigenvalue weighted by molar-refractivity contribution is 5.96. The summed E-state index contributed by atoms with van der Waals surface area (Å²) in [7, 11) is 0. The molecule has 1 atom stereocenters. The number of nitrogens with one attached hydrogen (secondary N) is 1. The minimum atomic E-state index is -0.229. The van der Waals surface area contributed by atoms with E-state index in [1.807, 2.05) is 0 Å². The molecule has 1 saturated heterocycles. The fourth-order valence-corrected chi connectivity index (χ4v) is 1.84. The first-order chi connectivity index (χ1) is 6.69. The van der Waals surface area contributed by atoms with Gasteiger partial charge in [0.05, 0.1) is 18.0 Å². The summed E-state index contributed by atoms with van der Waals surface area (Å²) in [5.41, 5.74) is 6.74. The summed E-state index contributed by atoms with van der Waals surface area (Å²) in [6.45, 7) is 3.62. The lowest BCUT2D eigenvalue weighted by Crippen LogP contribution is -2.37. The maximum absolute atomic E-state index is 11.4. The van der Waals surface area contributed by atoms with Gasteiger partial charge in [-0.1, -0.05) is 6.92 Å². The molecule has 0 amide bonds. The van der Waals surface area contributed by atoms with Crippen LogP contribution in [0.15, 0.2) is 11.4 Å². The summed E-state index contributed by atoms with van der Waals surface area (Å²) in [6.07, 6.45) is 2.31. The molecule has 1 aliphatic heterocycles. The highest BCUT2D eigenvalue weighted by Gasteiger charge is 2.52. The van der Waals surface area contributed by atoms with E-state index in [4.69, 9.17) is 10.5 Å². The lowest BCUT2D eigenvalue weighted by molar-refractivity contribution is -0.116. The number of hydrogen-bond donors (Lipinski definition) is 2. The van der Waals surface area contributed by atoms with Crippen molar-refractivity contribution in [2.75, 3.05) is 13.2 Å². The molecule has 1 aliphatic carbocycles.